The number of carbonyl (C=O) groups is 1. The van der Waals surface area contributed by atoms with Gasteiger partial charge in [-0.25, -0.2) is 9.97 Å². The second kappa shape index (κ2) is 4.55. The van der Waals surface area contributed by atoms with Crippen LogP contribution in [-0.4, -0.2) is 25.5 Å². The van der Waals surface area contributed by atoms with Crippen LogP contribution < -0.4 is 0 Å². The van der Waals surface area contributed by atoms with Crippen LogP contribution >= 0.6 is 15.9 Å². The fourth-order valence-electron chi connectivity index (χ4n) is 1.80. The Hall–Kier alpha value is -2.08. The van der Waals surface area contributed by atoms with Gasteiger partial charge in [0, 0.05) is 23.0 Å². The molecule has 0 bridgehead atoms. The third kappa shape index (κ3) is 2.15. The predicted molar refractivity (Wildman–Crippen MR) is 74.4 cm³/mol. The number of fused-ring (bicyclic) bond motifs is 1. The topological polar surface area (TPSA) is 60.7 Å². The van der Waals surface area contributed by atoms with Crippen LogP contribution in [0.4, 0.5) is 0 Å². The molecule has 0 spiro atoms. The van der Waals surface area contributed by atoms with Crippen molar-refractivity contribution in [2.75, 3.05) is 0 Å². The second-order valence-electron chi connectivity index (χ2n) is 4.06. The molecule has 0 aliphatic carbocycles. The zero-order valence-corrected chi connectivity index (χ0v) is 11.6. The molecule has 0 fully saturated rings. The summed E-state index contributed by atoms with van der Waals surface area (Å²) in [6.07, 6.45) is 3.30. The van der Waals surface area contributed by atoms with Crippen molar-refractivity contribution in [3.8, 4) is 5.95 Å². The lowest BCUT2D eigenvalue weighted by atomic mass is 10.2. The maximum absolute atomic E-state index is 11.4. The van der Waals surface area contributed by atoms with E-state index in [1.54, 1.807) is 23.1 Å². The summed E-state index contributed by atoms with van der Waals surface area (Å²) in [5, 5.41) is 5.25. The van der Waals surface area contributed by atoms with Gasteiger partial charge in [-0.2, -0.15) is 9.78 Å². The Morgan fingerprint density at radius 2 is 2.16 bits per heavy atom. The summed E-state index contributed by atoms with van der Waals surface area (Å²) in [5.41, 5.74) is 1.26. The molecule has 5 nitrogen and oxygen atoms in total. The maximum Gasteiger partial charge on any atom is 0.251 e. The number of carbonyl (C=O) groups excluding carboxylic acids is 1. The average Bonchev–Trinajstić information content (AvgIpc) is 2.81. The van der Waals surface area contributed by atoms with Crippen LogP contribution in [0, 0.1) is 0 Å². The number of aromatic nitrogens is 4. The Labute approximate surface area is 117 Å². The van der Waals surface area contributed by atoms with Gasteiger partial charge in [-0.1, -0.05) is 22.0 Å². The van der Waals surface area contributed by atoms with Gasteiger partial charge >= 0.3 is 0 Å². The molecule has 2 heterocycles. The average molecular weight is 317 g/mol. The first-order chi connectivity index (χ1) is 9.15. The lowest BCUT2D eigenvalue weighted by molar-refractivity contribution is 0.101. The van der Waals surface area contributed by atoms with Gasteiger partial charge in [-0.3, -0.25) is 4.79 Å². The number of halogens is 1. The zero-order chi connectivity index (χ0) is 13.4. The van der Waals surface area contributed by atoms with Crippen LogP contribution in [0.5, 0.6) is 0 Å². The highest BCUT2D eigenvalue weighted by Gasteiger charge is 2.09. The molecule has 3 aromatic rings. The summed E-state index contributed by atoms with van der Waals surface area (Å²) in [6.45, 7) is 1.48. The molecule has 0 saturated heterocycles. The summed E-state index contributed by atoms with van der Waals surface area (Å²) < 4.78 is 2.57. The highest BCUT2D eigenvalue weighted by atomic mass is 79.9. The van der Waals surface area contributed by atoms with Crippen molar-refractivity contribution >= 4 is 32.6 Å². The molecular weight excluding hydrogens is 308 g/mol. The van der Waals surface area contributed by atoms with Crippen molar-refractivity contribution in [3.05, 3.63) is 46.8 Å². The van der Waals surface area contributed by atoms with Gasteiger partial charge in [0.25, 0.3) is 5.95 Å². The SMILES string of the molecule is CC(=O)c1ccnc(-n2ncc3ccc(Br)cc32)n1. The molecular formula is C13H9BrN4O. The van der Waals surface area contributed by atoms with E-state index in [-0.39, 0.29) is 5.78 Å². The smallest absolute Gasteiger partial charge is 0.251 e. The molecule has 0 unspecified atom stereocenters. The number of nitrogens with zero attached hydrogens (tertiary/aromatic N) is 4. The quantitative estimate of drug-likeness (QED) is 0.682. The molecule has 19 heavy (non-hydrogen) atoms. The van der Waals surface area contributed by atoms with Crippen molar-refractivity contribution in [2.45, 2.75) is 6.92 Å². The van der Waals surface area contributed by atoms with E-state index < -0.39 is 0 Å². The molecule has 0 aliphatic heterocycles. The van der Waals surface area contributed by atoms with E-state index >= 15 is 0 Å². The highest BCUT2D eigenvalue weighted by molar-refractivity contribution is 9.10. The van der Waals surface area contributed by atoms with E-state index in [0.29, 0.717) is 11.6 Å². The Morgan fingerprint density at radius 1 is 1.32 bits per heavy atom. The lowest BCUT2D eigenvalue weighted by Crippen LogP contribution is -2.06. The molecule has 0 N–H and O–H groups in total. The first kappa shape index (κ1) is 12.0. The van der Waals surface area contributed by atoms with E-state index in [0.717, 1.165) is 15.4 Å². The summed E-state index contributed by atoms with van der Waals surface area (Å²) in [7, 11) is 0. The van der Waals surface area contributed by atoms with E-state index in [9.17, 15) is 4.79 Å². The van der Waals surface area contributed by atoms with E-state index in [1.807, 2.05) is 18.2 Å². The van der Waals surface area contributed by atoms with Gasteiger partial charge in [-0.15, -0.1) is 0 Å². The van der Waals surface area contributed by atoms with Crippen molar-refractivity contribution in [1.82, 2.24) is 19.7 Å². The van der Waals surface area contributed by atoms with Crippen LogP contribution in [-0.2, 0) is 0 Å². The fourth-order valence-corrected chi connectivity index (χ4v) is 2.15. The molecule has 2 aromatic heterocycles. The number of benzene rings is 1. The lowest BCUT2D eigenvalue weighted by Gasteiger charge is -2.03. The summed E-state index contributed by atoms with van der Waals surface area (Å²) in [6, 6.07) is 7.43. The zero-order valence-electron chi connectivity index (χ0n) is 10.0. The van der Waals surface area contributed by atoms with Crippen LogP contribution in [0.15, 0.2) is 41.1 Å². The monoisotopic (exact) mass is 316 g/mol. The van der Waals surface area contributed by atoms with Gasteiger partial charge in [0.15, 0.2) is 5.78 Å². The number of rotatable bonds is 2. The Kier molecular flexibility index (Phi) is 2.87. The van der Waals surface area contributed by atoms with Crippen molar-refractivity contribution in [2.24, 2.45) is 0 Å². The van der Waals surface area contributed by atoms with Gasteiger partial charge < -0.3 is 0 Å². The number of hydrogen-bond donors (Lipinski definition) is 0. The molecule has 6 heteroatoms. The number of Topliss-reactive ketones (excluding diaryl/α,β-unsaturated/α-hetero) is 1. The first-order valence-electron chi connectivity index (χ1n) is 5.63. The second-order valence-corrected chi connectivity index (χ2v) is 4.97. The molecule has 0 saturated carbocycles. The molecule has 0 amide bonds. The molecule has 0 radical (unpaired) electrons. The third-order valence-electron chi connectivity index (χ3n) is 2.73. The van der Waals surface area contributed by atoms with Crippen molar-refractivity contribution in [3.63, 3.8) is 0 Å². The molecule has 1 aromatic carbocycles. The molecule has 0 atom stereocenters. The van der Waals surface area contributed by atoms with Crippen LogP contribution in [0.25, 0.3) is 16.9 Å². The third-order valence-corrected chi connectivity index (χ3v) is 3.22. The van der Waals surface area contributed by atoms with E-state index in [2.05, 4.69) is 31.0 Å². The fraction of sp³-hybridized carbons (Fsp3) is 0.0769. The van der Waals surface area contributed by atoms with E-state index in [1.165, 1.54) is 6.92 Å². The van der Waals surface area contributed by atoms with Crippen LogP contribution in [0.1, 0.15) is 17.4 Å². The van der Waals surface area contributed by atoms with Gasteiger partial charge in [0.1, 0.15) is 5.69 Å². The minimum Gasteiger partial charge on any atom is -0.293 e. The standard InChI is InChI=1S/C13H9BrN4O/c1-8(19)11-4-5-15-13(17-11)18-12-6-10(14)3-2-9(12)7-16-18/h2-7H,1H3. The van der Waals surface area contributed by atoms with Crippen LogP contribution in [0.2, 0.25) is 0 Å². The largest absolute Gasteiger partial charge is 0.293 e. The minimum atomic E-state index is -0.0960. The maximum atomic E-state index is 11.4. The summed E-state index contributed by atoms with van der Waals surface area (Å²) >= 11 is 3.43. The summed E-state index contributed by atoms with van der Waals surface area (Å²) in [4.78, 5) is 19.7. The number of ketones is 1. The van der Waals surface area contributed by atoms with Gasteiger partial charge in [0.05, 0.1) is 11.7 Å². The van der Waals surface area contributed by atoms with Crippen LogP contribution in [0.3, 0.4) is 0 Å². The first-order valence-corrected chi connectivity index (χ1v) is 6.42. The molecule has 3 rings (SSSR count). The summed E-state index contributed by atoms with van der Waals surface area (Å²) in [5.74, 6) is 0.294. The number of hydrogen-bond acceptors (Lipinski definition) is 4. The van der Waals surface area contributed by atoms with Crippen molar-refractivity contribution in [1.29, 1.82) is 0 Å². The Morgan fingerprint density at radius 3 is 2.95 bits per heavy atom. The molecule has 94 valence electrons. The Bertz CT molecular complexity index is 781. The Balaban J connectivity index is 2.21. The normalized spacial score (nSPS) is 10.8. The predicted octanol–water partition coefficient (Wildman–Crippen LogP) is 2.78. The van der Waals surface area contributed by atoms with E-state index in [4.69, 9.17) is 0 Å². The van der Waals surface area contributed by atoms with Gasteiger partial charge in [-0.05, 0) is 18.2 Å². The molecule has 0 aliphatic rings. The van der Waals surface area contributed by atoms with Gasteiger partial charge in [0.2, 0.25) is 0 Å². The van der Waals surface area contributed by atoms with Crippen molar-refractivity contribution < 1.29 is 4.79 Å². The minimum absolute atomic E-state index is 0.0960. The highest BCUT2D eigenvalue weighted by Crippen LogP contribution is 2.21.